The molecule has 3 aromatic rings. The van der Waals surface area contributed by atoms with Crippen molar-refractivity contribution in [2.75, 3.05) is 13.2 Å². The summed E-state index contributed by atoms with van der Waals surface area (Å²) in [5, 5.41) is 4.95. The Morgan fingerprint density at radius 1 is 1.17 bits per heavy atom. The van der Waals surface area contributed by atoms with E-state index in [1.165, 1.54) is 5.56 Å². The van der Waals surface area contributed by atoms with Crippen molar-refractivity contribution >= 4 is 16.7 Å². The molecule has 0 aliphatic carbocycles. The number of fused-ring (bicyclic) bond motifs is 2. The summed E-state index contributed by atoms with van der Waals surface area (Å²) < 4.78 is 5.78. The van der Waals surface area contributed by atoms with E-state index in [1.807, 2.05) is 42.5 Å². The minimum atomic E-state index is -0.0503. The lowest BCUT2D eigenvalue weighted by molar-refractivity contribution is 0.0940. The molecule has 1 atom stereocenters. The fourth-order valence-electron chi connectivity index (χ4n) is 3.17. The second kappa shape index (κ2) is 6.32. The minimum absolute atomic E-state index is 0.0503. The first-order valence-corrected chi connectivity index (χ1v) is 8.13. The molecule has 0 fully saturated rings. The zero-order valence-electron chi connectivity index (χ0n) is 13.2. The van der Waals surface area contributed by atoms with Crippen molar-refractivity contribution in [3.05, 3.63) is 72.1 Å². The first-order chi connectivity index (χ1) is 11.8. The highest BCUT2D eigenvalue weighted by atomic mass is 16.5. The van der Waals surface area contributed by atoms with Gasteiger partial charge in [0.15, 0.2) is 0 Å². The van der Waals surface area contributed by atoms with Crippen LogP contribution in [-0.2, 0) is 6.42 Å². The molecule has 2 aromatic carbocycles. The van der Waals surface area contributed by atoms with Crippen LogP contribution in [0.5, 0.6) is 5.75 Å². The summed E-state index contributed by atoms with van der Waals surface area (Å²) in [5.41, 5.74) is 1.89. The van der Waals surface area contributed by atoms with E-state index in [0.29, 0.717) is 24.6 Å². The van der Waals surface area contributed by atoms with Gasteiger partial charge in [-0.05, 0) is 35.6 Å². The fraction of sp³-hybridized carbons (Fsp3) is 0.200. The fourth-order valence-corrected chi connectivity index (χ4v) is 3.17. The highest BCUT2D eigenvalue weighted by Crippen LogP contribution is 2.26. The summed E-state index contributed by atoms with van der Waals surface area (Å²) in [4.78, 5) is 16.7. The summed E-state index contributed by atoms with van der Waals surface area (Å²) in [5.74, 6) is 1.20. The van der Waals surface area contributed by atoms with E-state index in [9.17, 15) is 4.79 Å². The van der Waals surface area contributed by atoms with Gasteiger partial charge >= 0.3 is 0 Å². The number of pyridine rings is 1. The standard InChI is InChI=1S/C20H18N2O2/c23-20(18-6-3-5-16-12-21-9-8-17(16)18)22-11-14-10-15-4-1-2-7-19(15)24-13-14/h1-9,12,14H,10-11,13H2,(H,22,23). The number of benzene rings is 2. The Labute approximate surface area is 140 Å². The molecule has 2 heterocycles. The van der Waals surface area contributed by atoms with Gasteiger partial charge in [-0.1, -0.05) is 30.3 Å². The summed E-state index contributed by atoms with van der Waals surface area (Å²) >= 11 is 0. The average molecular weight is 318 g/mol. The van der Waals surface area contributed by atoms with Crippen LogP contribution in [0.15, 0.2) is 60.9 Å². The Hall–Kier alpha value is -2.88. The number of rotatable bonds is 3. The van der Waals surface area contributed by atoms with E-state index < -0.39 is 0 Å². The monoisotopic (exact) mass is 318 g/mol. The molecular weight excluding hydrogens is 300 g/mol. The maximum Gasteiger partial charge on any atom is 0.251 e. The second-order valence-corrected chi connectivity index (χ2v) is 6.10. The smallest absolute Gasteiger partial charge is 0.251 e. The lowest BCUT2D eigenvalue weighted by Gasteiger charge is -2.25. The van der Waals surface area contributed by atoms with Gasteiger partial charge in [-0.2, -0.15) is 0 Å². The highest BCUT2D eigenvalue weighted by molar-refractivity contribution is 6.06. The molecule has 4 nitrogen and oxygen atoms in total. The van der Waals surface area contributed by atoms with Crippen LogP contribution >= 0.6 is 0 Å². The molecular formula is C20H18N2O2. The van der Waals surface area contributed by atoms with E-state index in [2.05, 4.69) is 16.4 Å². The lowest BCUT2D eigenvalue weighted by atomic mass is 9.96. The Bertz CT molecular complexity index is 886. The van der Waals surface area contributed by atoms with Crippen molar-refractivity contribution in [2.24, 2.45) is 5.92 Å². The Morgan fingerprint density at radius 3 is 3.04 bits per heavy atom. The van der Waals surface area contributed by atoms with Gasteiger partial charge in [-0.3, -0.25) is 9.78 Å². The third-order valence-corrected chi connectivity index (χ3v) is 4.43. The van der Waals surface area contributed by atoms with Crippen LogP contribution in [0.1, 0.15) is 15.9 Å². The second-order valence-electron chi connectivity index (χ2n) is 6.10. The number of nitrogens with zero attached hydrogens (tertiary/aromatic N) is 1. The first-order valence-electron chi connectivity index (χ1n) is 8.13. The van der Waals surface area contributed by atoms with E-state index in [-0.39, 0.29) is 5.91 Å². The van der Waals surface area contributed by atoms with Crippen LogP contribution in [0.4, 0.5) is 0 Å². The number of amides is 1. The maximum atomic E-state index is 12.6. The van der Waals surface area contributed by atoms with Gasteiger partial charge in [0, 0.05) is 35.8 Å². The Balaban J connectivity index is 1.45. The van der Waals surface area contributed by atoms with Crippen molar-refractivity contribution in [1.29, 1.82) is 0 Å². The largest absolute Gasteiger partial charge is 0.493 e. The minimum Gasteiger partial charge on any atom is -0.493 e. The molecule has 0 bridgehead atoms. The number of nitrogens with one attached hydrogen (secondary N) is 1. The normalized spacial score (nSPS) is 16.2. The number of ether oxygens (including phenoxy) is 1. The molecule has 1 N–H and O–H groups in total. The molecule has 4 heteroatoms. The van der Waals surface area contributed by atoms with Crippen molar-refractivity contribution < 1.29 is 9.53 Å². The van der Waals surface area contributed by atoms with Crippen LogP contribution in [0.25, 0.3) is 10.8 Å². The van der Waals surface area contributed by atoms with Crippen LogP contribution in [0, 0.1) is 5.92 Å². The van der Waals surface area contributed by atoms with Gasteiger partial charge in [0.1, 0.15) is 5.75 Å². The number of hydrogen-bond donors (Lipinski definition) is 1. The molecule has 1 amide bonds. The number of para-hydroxylation sites is 1. The van der Waals surface area contributed by atoms with E-state index in [1.54, 1.807) is 12.4 Å². The number of carbonyl (C=O) groups excluding carboxylic acids is 1. The zero-order chi connectivity index (χ0) is 16.4. The van der Waals surface area contributed by atoms with Crippen LogP contribution in [-0.4, -0.2) is 24.0 Å². The lowest BCUT2D eigenvalue weighted by Crippen LogP contribution is -2.34. The first kappa shape index (κ1) is 14.7. The third-order valence-electron chi connectivity index (χ3n) is 4.43. The topological polar surface area (TPSA) is 51.2 Å². The van der Waals surface area contributed by atoms with Gasteiger partial charge in [0.25, 0.3) is 5.91 Å². The predicted molar refractivity (Wildman–Crippen MR) is 93.2 cm³/mol. The maximum absolute atomic E-state index is 12.6. The molecule has 4 rings (SSSR count). The Kier molecular flexibility index (Phi) is 3.87. The quantitative estimate of drug-likeness (QED) is 0.807. The third kappa shape index (κ3) is 2.83. The van der Waals surface area contributed by atoms with Gasteiger partial charge in [-0.25, -0.2) is 0 Å². The van der Waals surface area contributed by atoms with Crippen molar-refractivity contribution in [3.63, 3.8) is 0 Å². The molecule has 1 unspecified atom stereocenters. The van der Waals surface area contributed by atoms with Crippen LogP contribution in [0.2, 0.25) is 0 Å². The highest BCUT2D eigenvalue weighted by Gasteiger charge is 2.20. The van der Waals surface area contributed by atoms with Gasteiger partial charge in [-0.15, -0.1) is 0 Å². The van der Waals surface area contributed by atoms with Gasteiger partial charge in [0.2, 0.25) is 0 Å². The molecule has 24 heavy (non-hydrogen) atoms. The summed E-state index contributed by atoms with van der Waals surface area (Å²) in [6.45, 7) is 1.24. The number of hydrogen-bond acceptors (Lipinski definition) is 3. The summed E-state index contributed by atoms with van der Waals surface area (Å²) in [6, 6.07) is 15.7. The average Bonchev–Trinajstić information content (AvgIpc) is 2.65. The van der Waals surface area contributed by atoms with E-state index in [4.69, 9.17) is 4.74 Å². The van der Waals surface area contributed by atoms with Crippen molar-refractivity contribution in [1.82, 2.24) is 10.3 Å². The predicted octanol–water partition coefficient (Wildman–Crippen LogP) is 3.22. The van der Waals surface area contributed by atoms with Crippen molar-refractivity contribution in [3.8, 4) is 5.75 Å². The molecule has 1 aliphatic rings. The molecule has 0 saturated carbocycles. The van der Waals surface area contributed by atoms with E-state index >= 15 is 0 Å². The van der Waals surface area contributed by atoms with E-state index in [0.717, 1.165) is 22.9 Å². The van der Waals surface area contributed by atoms with Crippen LogP contribution in [0.3, 0.4) is 0 Å². The molecule has 0 radical (unpaired) electrons. The summed E-state index contributed by atoms with van der Waals surface area (Å²) in [7, 11) is 0. The molecule has 1 aromatic heterocycles. The molecule has 1 aliphatic heterocycles. The molecule has 0 saturated heterocycles. The van der Waals surface area contributed by atoms with Gasteiger partial charge in [0.05, 0.1) is 6.61 Å². The number of carbonyl (C=O) groups is 1. The van der Waals surface area contributed by atoms with Gasteiger partial charge < -0.3 is 10.1 Å². The van der Waals surface area contributed by atoms with Crippen LogP contribution < -0.4 is 10.1 Å². The van der Waals surface area contributed by atoms with Crippen molar-refractivity contribution in [2.45, 2.75) is 6.42 Å². The molecule has 120 valence electrons. The Morgan fingerprint density at radius 2 is 2.08 bits per heavy atom. The molecule has 0 spiro atoms. The SMILES string of the molecule is O=C(NCC1COc2ccccc2C1)c1cccc2cnccc12. The number of aromatic nitrogens is 1. The zero-order valence-corrected chi connectivity index (χ0v) is 13.2. The summed E-state index contributed by atoms with van der Waals surface area (Å²) in [6.07, 6.45) is 4.42.